The molecule has 1 aliphatic carbocycles. The fraction of sp³-hybridized carbons (Fsp3) is 0.733. The first-order chi connectivity index (χ1) is 9.61. The van der Waals surface area contributed by atoms with Gasteiger partial charge in [0.2, 0.25) is 5.91 Å². The molecule has 0 bridgehead atoms. The monoisotopic (exact) mass is 278 g/mol. The van der Waals surface area contributed by atoms with Crippen molar-refractivity contribution in [3.05, 3.63) is 12.7 Å². The van der Waals surface area contributed by atoms with E-state index in [1.807, 2.05) is 6.08 Å². The van der Waals surface area contributed by atoms with Gasteiger partial charge < -0.3 is 15.1 Å². The van der Waals surface area contributed by atoms with Crippen molar-refractivity contribution in [2.24, 2.45) is 16.8 Å². The topological polar surface area (TPSA) is 47.9 Å². The fourth-order valence-electron chi connectivity index (χ4n) is 2.65. The second-order valence-electron chi connectivity index (χ2n) is 5.93. The molecule has 1 atom stereocenters. The molecule has 5 nitrogen and oxygen atoms in total. The highest BCUT2D eigenvalue weighted by Gasteiger charge is 2.36. The second kappa shape index (κ2) is 6.77. The molecule has 1 saturated heterocycles. The van der Waals surface area contributed by atoms with Crippen LogP contribution in [0.5, 0.6) is 0 Å². The summed E-state index contributed by atoms with van der Waals surface area (Å²) in [7, 11) is 3.52. The van der Waals surface area contributed by atoms with E-state index in [-0.39, 0.29) is 12.5 Å². The summed E-state index contributed by atoms with van der Waals surface area (Å²) < 4.78 is 0. The Morgan fingerprint density at radius 3 is 2.75 bits per heavy atom. The summed E-state index contributed by atoms with van der Waals surface area (Å²) in [5.74, 6) is 2.63. The van der Waals surface area contributed by atoms with Crippen molar-refractivity contribution in [3.63, 3.8) is 0 Å². The van der Waals surface area contributed by atoms with Crippen LogP contribution in [-0.2, 0) is 4.79 Å². The third-order valence-electron chi connectivity index (χ3n) is 4.08. The van der Waals surface area contributed by atoms with Crippen LogP contribution in [0.2, 0.25) is 0 Å². The van der Waals surface area contributed by atoms with Crippen LogP contribution in [0.4, 0.5) is 0 Å². The molecule has 0 aromatic carbocycles. The Balaban J connectivity index is 1.93. The van der Waals surface area contributed by atoms with Gasteiger partial charge in [-0.05, 0) is 31.1 Å². The molecule has 1 N–H and O–H groups in total. The van der Waals surface area contributed by atoms with Crippen molar-refractivity contribution in [1.82, 2.24) is 15.1 Å². The van der Waals surface area contributed by atoms with Crippen LogP contribution in [0.1, 0.15) is 19.3 Å². The van der Waals surface area contributed by atoms with Crippen molar-refractivity contribution >= 4 is 11.9 Å². The molecule has 1 saturated carbocycles. The van der Waals surface area contributed by atoms with Gasteiger partial charge in [-0.3, -0.25) is 4.79 Å². The first-order valence-electron chi connectivity index (χ1n) is 7.46. The number of hydrogen-bond donors (Lipinski definition) is 1. The molecular formula is C15H26N4O. The van der Waals surface area contributed by atoms with Gasteiger partial charge in [-0.15, -0.1) is 6.58 Å². The van der Waals surface area contributed by atoms with Gasteiger partial charge in [-0.25, -0.2) is 4.99 Å². The lowest BCUT2D eigenvalue weighted by Crippen LogP contribution is -2.41. The summed E-state index contributed by atoms with van der Waals surface area (Å²) in [4.78, 5) is 20.0. The summed E-state index contributed by atoms with van der Waals surface area (Å²) in [6.07, 6.45) is 5.85. The Morgan fingerprint density at radius 2 is 2.15 bits per heavy atom. The first-order valence-corrected chi connectivity index (χ1v) is 7.46. The molecule has 5 heteroatoms. The molecule has 0 aromatic rings. The normalized spacial score (nSPS) is 22.8. The summed E-state index contributed by atoms with van der Waals surface area (Å²) in [5.41, 5.74) is 0. The molecule has 0 spiro atoms. The third kappa shape index (κ3) is 3.99. The van der Waals surface area contributed by atoms with E-state index in [1.165, 1.54) is 19.3 Å². The summed E-state index contributed by atoms with van der Waals surface area (Å²) in [6, 6.07) is 0. The number of carbonyl (C=O) groups excluding carboxylic acids is 1. The van der Waals surface area contributed by atoms with Crippen LogP contribution in [0.15, 0.2) is 17.6 Å². The van der Waals surface area contributed by atoms with Crippen LogP contribution >= 0.6 is 0 Å². The number of hydrogen-bond acceptors (Lipinski definition) is 2. The van der Waals surface area contributed by atoms with E-state index in [1.54, 1.807) is 19.0 Å². The van der Waals surface area contributed by atoms with Crippen molar-refractivity contribution < 1.29 is 4.79 Å². The highest BCUT2D eigenvalue weighted by molar-refractivity contribution is 5.85. The van der Waals surface area contributed by atoms with Crippen LogP contribution in [0, 0.1) is 11.8 Å². The Morgan fingerprint density at radius 1 is 1.40 bits per heavy atom. The van der Waals surface area contributed by atoms with Gasteiger partial charge in [-0.1, -0.05) is 6.08 Å². The van der Waals surface area contributed by atoms with Crippen LogP contribution < -0.4 is 5.32 Å². The lowest BCUT2D eigenvalue weighted by atomic mass is 10.0. The van der Waals surface area contributed by atoms with E-state index in [2.05, 4.69) is 21.8 Å². The molecule has 1 heterocycles. The van der Waals surface area contributed by atoms with Gasteiger partial charge in [0.15, 0.2) is 5.96 Å². The molecule has 1 amide bonds. The summed E-state index contributed by atoms with van der Waals surface area (Å²) >= 11 is 0. The summed E-state index contributed by atoms with van der Waals surface area (Å²) in [6.45, 7) is 6.73. The Hall–Kier alpha value is -1.52. The molecule has 20 heavy (non-hydrogen) atoms. The van der Waals surface area contributed by atoms with Crippen LogP contribution in [0.25, 0.3) is 0 Å². The Kier molecular flexibility index (Phi) is 5.04. The molecule has 2 rings (SSSR count). The molecule has 1 unspecified atom stereocenters. The SMILES string of the molecule is C=CCNC(=NCC(=O)N(C)C)N1CCC(C2CC2)C1. The zero-order valence-electron chi connectivity index (χ0n) is 12.6. The maximum absolute atomic E-state index is 11.7. The number of carbonyl (C=O) groups is 1. The van der Waals surface area contributed by atoms with Gasteiger partial charge in [-0.2, -0.15) is 0 Å². The van der Waals surface area contributed by atoms with E-state index in [4.69, 9.17) is 0 Å². The summed E-state index contributed by atoms with van der Waals surface area (Å²) in [5, 5.41) is 3.27. The fourth-order valence-corrected chi connectivity index (χ4v) is 2.65. The van der Waals surface area contributed by atoms with Gasteiger partial charge in [0.1, 0.15) is 6.54 Å². The predicted molar refractivity (Wildman–Crippen MR) is 81.6 cm³/mol. The average Bonchev–Trinajstić information content (AvgIpc) is 3.17. The lowest BCUT2D eigenvalue weighted by Gasteiger charge is -2.22. The van der Waals surface area contributed by atoms with Crippen molar-refractivity contribution in [2.75, 3.05) is 40.3 Å². The van der Waals surface area contributed by atoms with E-state index in [0.717, 1.165) is 30.9 Å². The maximum atomic E-state index is 11.7. The quantitative estimate of drug-likeness (QED) is 0.462. The van der Waals surface area contributed by atoms with Crippen molar-refractivity contribution in [3.8, 4) is 0 Å². The molecule has 112 valence electrons. The molecule has 1 aliphatic heterocycles. The van der Waals surface area contributed by atoms with Gasteiger partial charge in [0.25, 0.3) is 0 Å². The highest BCUT2D eigenvalue weighted by atomic mass is 16.2. The molecule has 2 fully saturated rings. The number of guanidine groups is 1. The number of likely N-dealkylation sites (N-methyl/N-ethyl adjacent to an activating group) is 1. The largest absolute Gasteiger partial charge is 0.353 e. The van der Waals surface area contributed by atoms with Crippen LogP contribution in [-0.4, -0.2) is 61.9 Å². The van der Waals surface area contributed by atoms with Crippen LogP contribution in [0.3, 0.4) is 0 Å². The molecule has 0 radical (unpaired) electrons. The second-order valence-corrected chi connectivity index (χ2v) is 5.93. The van der Waals surface area contributed by atoms with E-state index in [9.17, 15) is 4.79 Å². The number of aliphatic imine (C=N–C) groups is 1. The number of likely N-dealkylation sites (tertiary alicyclic amines) is 1. The van der Waals surface area contributed by atoms with Gasteiger partial charge in [0.05, 0.1) is 0 Å². The molecule has 2 aliphatic rings. The molecular weight excluding hydrogens is 252 g/mol. The third-order valence-corrected chi connectivity index (χ3v) is 4.08. The highest BCUT2D eigenvalue weighted by Crippen LogP contribution is 2.41. The predicted octanol–water partition coefficient (Wildman–Crippen LogP) is 0.938. The minimum Gasteiger partial charge on any atom is -0.353 e. The number of amides is 1. The van der Waals surface area contributed by atoms with Gasteiger partial charge >= 0.3 is 0 Å². The minimum atomic E-state index is 0.0286. The lowest BCUT2D eigenvalue weighted by molar-refractivity contribution is -0.127. The number of nitrogens with one attached hydrogen (secondary N) is 1. The van der Waals surface area contributed by atoms with E-state index < -0.39 is 0 Å². The molecule has 0 aromatic heterocycles. The van der Waals surface area contributed by atoms with Crippen molar-refractivity contribution in [1.29, 1.82) is 0 Å². The zero-order valence-corrected chi connectivity index (χ0v) is 12.6. The van der Waals surface area contributed by atoms with Gasteiger partial charge in [0, 0.05) is 33.7 Å². The van der Waals surface area contributed by atoms with E-state index in [0.29, 0.717) is 6.54 Å². The average molecular weight is 278 g/mol. The first kappa shape index (κ1) is 14.9. The van der Waals surface area contributed by atoms with Crippen molar-refractivity contribution in [2.45, 2.75) is 19.3 Å². The number of nitrogens with zero attached hydrogens (tertiary/aromatic N) is 3. The Bertz CT molecular complexity index is 387. The number of rotatable bonds is 5. The standard InChI is InChI=1S/C15H26N4O/c1-4-8-16-15(17-10-14(20)18(2)3)19-9-7-13(11-19)12-5-6-12/h4,12-13H,1,5-11H2,2-3H3,(H,16,17). The maximum Gasteiger partial charge on any atom is 0.243 e. The minimum absolute atomic E-state index is 0.0286. The zero-order chi connectivity index (χ0) is 14.5. The van der Waals surface area contributed by atoms with E-state index >= 15 is 0 Å². The Labute approximate surface area is 121 Å². The smallest absolute Gasteiger partial charge is 0.243 e.